The number of carbonyl (C=O) groups is 1. The standard InChI is InChI=1S/C25H19ClN2O5S/c1-34(31,32)21-12-10-17(11-13-21)22-15-27-28(20-9-5-8-19(26)14-20)24(29)23(22)16-33-25(30)18-6-3-2-4-7-18/h2-15H,16H2,1H3. The quantitative estimate of drug-likeness (QED) is 0.370. The lowest BCUT2D eigenvalue weighted by Crippen LogP contribution is -2.26. The van der Waals surface area contributed by atoms with E-state index in [0.717, 1.165) is 6.26 Å². The fourth-order valence-electron chi connectivity index (χ4n) is 3.35. The summed E-state index contributed by atoms with van der Waals surface area (Å²) in [6, 6.07) is 21.1. The average Bonchev–Trinajstić information content (AvgIpc) is 2.83. The molecule has 0 unspecified atom stereocenters. The normalized spacial score (nSPS) is 11.2. The van der Waals surface area contributed by atoms with Crippen LogP contribution in [0.1, 0.15) is 15.9 Å². The van der Waals surface area contributed by atoms with E-state index in [9.17, 15) is 18.0 Å². The van der Waals surface area contributed by atoms with Crippen LogP contribution >= 0.6 is 11.6 Å². The van der Waals surface area contributed by atoms with Gasteiger partial charge in [0.25, 0.3) is 5.56 Å². The summed E-state index contributed by atoms with van der Waals surface area (Å²) in [5.41, 5.74) is 1.47. The van der Waals surface area contributed by atoms with Crippen molar-refractivity contribution in [2.24, 2.45) is 0 Å². The second kappa shape index (κ2) is 9.62. The van der Waals surface area contributed by atoms with E-state index in [2.05, 4.69) is 5.10 Å². The highest BCUT2D eigenvalue weighted by atomic mass is 35.5. The Labute approximate surface area is 201 Å². The molecule has 0 amide bonds. The number of hydrogen-bond acceptors (Lipinski definition) is 6. The molecular formula is C25H19ClN2O5S. The Bertz CT molecular complexity index is 1520. The number of aromatic nitrogens is 2. The van der Waals surface area contributed by atoms with Crippen LogP contribution in [0, 0.1) is 0 Å². The lowest BCUT2D eigenvalue weighted by atomic mass is 10.0. The first-order valence-electron chi connectivity index (χ1n) is 10.1. The molecule has 4 aromatic rings. The van der Waals surface area contributed by atoms with Crippen molar-refractivity contribution in [3.8, 4) is 16.8 Å². The molecule has 0 saturated carbocycles. The molecule has 7 nitrogen and oxygen atoms in total. The molecule has 0 bridgehead atoms. The third-order valence-electron chi connectivity index (χ3n) is 5.08. The lowest BCUT2D eigenvalue weighted by molar-refractivity contribution is 0.0471. The van der Waals surface area contributed by atoms with E-state index >= 15 is 0 Å². The van der Waals surface area contributed by atoms with Gasteiger partial charge in [0.1, 0.15) is 6.61 Å². The maximum absolute atomic E-state index is 13.4. The lowest BCUT2D eigenvalue weighted by Gasteiger charge is -2.13. The van der Waals surface area contributed by atoms with Gasteiger partial charge in [-0.25, -0.2) is 13.2 Å². The van der Waals surface area contributed by atoms with Crippen molar-refractivity contribution in [1.82, 2.24) is 9.78 Å². The zero-order valence-electron chi connectivity index (χ0n) is 18.0. The van der Waals surface area contributed by atoms with Gasteiger partial charge in [0, 0.05) is 16.8 Å². The minimum atomic E-state index is -3.38. The molecule has 0 saturated heterocycles. The topological polar surface area (TPSA) is 95.3 Å². The van der Waals surface area contributed by atoms with Crippen molar-refractivity contribution >= 4 is 27.4 Å². The highest BCUT2D eigenvalue weighted by Gasteiger charge is 2.18. The number of carbonyl (C=O) groups excluding carboxylic acids is 1. The van der Waals surface area contributed by atoms with Crippen LogP contribution in [0.3, 0.4) is 0 Å². The van der Waals surface area contributed by atoms with Crippen LogP contribution in [-0.4, -0.2) is 30.4 Å². The Morgan fingerprint density at radius 1 is 1.00 bits per heavy atom. The van der Waals surface area contributed by atoms with Gasteiger partial charge in [-0.1, -0.05) is 48.0 Å². The molecule has 0 aliphatic carbocycles. The summed E-state index contributed by atoms with van der Waals surface area (Å²) in [4.78, 5) is 26.1. The Balaban J connectivity index is 1.78. The predicted octanol–water partition coefficient (Wildman–Crippen LogP) is 4.31. The highest BCUT2D eigenvalue weighted by Crippen LogP contribution is 2.24. The Morgan fingerprint density at radius 2 is 1.71 bits per heavy atom. The summed E-state index contributed by atoms with van der Waals surface area (Å²) in [5, 5.41) is 4.70. The molecule has 172 valence electrons. The summed E-state index contributed by atoms with van der Waals surface area (Å²) >= 11 is 6.07. The van der Waals surface area contributed by atoms with Gasteiger partial charge in [-0.2, -0.15) is 9.78 Å². The second-order valence-electron chi connectivity index (χ2n) is 7.47. The third-order valence-corrected chi connectivity index (χ3v) is 6.44. The predicted molar refractivity (Wildman–Crippen MR) is 129 cm³/mol. The van der Waals surface area contributed by atoms with E-state index in [-0.39, 0.29) is 17.1 Å². The molecule has 0 atom stereocenters. The second-order valence-corrected chi connectivity index (χ2v) is 9.92. The number of hydrogen-bond donors (Lipinski definition) is 0. The molecule has 9 heteroatoms. The molecular weight excluding hydrogens is 476 g/mol. The highest BCUT2D eigenvalue weighted by molar-refractivity contribution is 7.90. The number of sulfone groups is 1. The van der Waals surface area contributed by atoms with Crippen molar-refractivity contribution < 1.29 is 17.9 Å². The Morgan fingerprint density at radius 3 is 2.35 bits per heavy atom. The van der Waals surface area contributed by atoms with E-state index in [1.807, 2.05) is 0 Å². The molecule has 1 heterocycles. The minimum absolute atomic E-state index is 0.147. The van der Waals surface area contributed by atoms with Gasteiger partial charge < -0.3 is 4.74 Å². The molecule has 0 aliphatic rings. The molecule has 3 aromatic carbocycles. The van der Waals surface area contributed by atoms with Crippen LogP contribution in [0.2, 0.25) is 5.02 Å². The first-order chi connectivity index (χ1) is 16.2. The van der Waals surface area contributed by atoms with Gasteiger partial charge in [-0.15, -0.1) is 0 Å². The van der Waals surface area contributed by atoms with Crippen LogP contribution in [-0.2, 0) is 21.2 Å². The number of nitrogens with zero attached hydrogens (tertiary/aromatic N) is 2. The molecule has 0 spiro atoms. The number of halogens is 1. The smallest absolute Gasteiger partial charge is 0.338 e. The van der Waals surface area contributed by atoms with Crippen molar-refractivity contribution in [3.05, 3.63) is 112 Å². The SMILES string of the molecule is CS(=O)(=O)c1ccc(-c2cnn(-c3cccc(Cl)c3)c(=O)c2COC(=O)c2ccccc2)cc1. The molecule has 0 N–H and O–H groups in total. The van der Waals surface area contributed by atoms with Gasteiger partial charge >= 0.3 is 5.97 Å². The van der Waals surface area contributed by atoms with Crippen LogP contribution in [0.4, 0.5) is 0 Å². The van der Waals surface area contributed by atoms with Crippen molar-refractivity contribution in [2.45, 2.75) is 11.5 Å². The van der Waals surface area contributed by atoms with Gasteiger partial charge in [0.2, 0.25) is 0 Å². The number of rotatable bonds is 6. The largest absolute Gasteiger partial charge is 0.457 e. The number of ether oxygens (including phenoxy) is 1. The van der Waals surface area contributed by atoms with E-state index in [1.165, 1.54) is 23.0 Å². The summed E-state index contributed by atoms with van der Waals surface area (Å²) in [6.07, 6.45) is 2.59. The summed E-state index contributed by atoms with van der Waals surface area (Å²) < 4.78 is 30.2. The number of esters is 1. The van der Waals surface area contributed by atoms with Gasteiger partial charge in [-0.3, -0.25) is 4.79 Å². The van der Waals surface area contributed by atoms with Crippen LogP contribution in [0.25, 0.3) is 16.8 Å². The van der Waals surface area contributed by atoms with Crippen molar-refractivity contribution in [3.63, 3.8) is 0 Å². The molecule has 4 rings (SSSR count). The van der Waals surface area contributed by atoms with Crippen LogP contribution in [0.5, 0.6) is 0 Å². The fourth-order valence-corrected chi connectivity index (χ4v) is 4.16. The van der Waals surface area contributed by atoms with Gasteiger partial charge in [0.05, 0.1) is 27.9 Å². The Kier molecular flexibility index (Phi) is 6.63. The zero-order valence-corrected chi connectivity index (χ0v) is 19.6. The van der Waals surface area contributed by atoms with E-state index in [0.29, 0.717) is 27.4 Å². The average molecular weight is 495 g/mol. The Hall–Kier alpha value is -3.75. The van der Waals surface area contributed by atoms with Crippen molar-refractivity contribution in [1.29, 1.82) is 0 Å². The van der Waals surface area contributed by atoms with E-state index in [4.69, 9.17) is 16.3 Å². The van der Waals surface area contributed by atoms with Gasteiger partial charge in [0.15, 0.2) is 9.84 Å². The monoisotopic (exact) mass is 494 g/mol. The maximum Gasteiger partial charge on any atom is 0.338 e. The fraction of sp³-hybridized carbons (Fsp3) is 0.0800. The molecule has 0 fully saturated rings. The van der Waals surface area contributed by atoms with E-state index < -0.39 is 21.4 Å². The molecule has 0 aliphatic heterocycles. The molecule has 0 radical (unpaired) electrons. The molecule has 1 aromatic heterocycles. The first-order valence-corrected chi connectivity index (χ1v) is 12.4. The minimum Gasteiger partial charge on any atom is -0.457 e. The van der Waals surface area contributed by atoms with Crippen LogP contribution < -0.4 is 5.56 Å². The summed E-state index contributed by atoms with van der Waals surface area (Å²) in [7, 11) is -3.38. The van der Waals surface area contributed by atoms with Gasteiger partial charge in [-0.05, 0) is 48.0 Å². The van der Waals surface area contributed by atoms with E-state index in [1.54, 1.807) is 66.7 Å². The number of benzene rings is 3. The summed E-state index contributed by atoms with van der Waals surface area (Å²) in [5.74, 6) is -0.579. The third kappa shape index (κ3) is 5.08. The zero-order chi connectivity index (χ0) is 24.3. The van der Waals surface area contributed by atoms with Crippen LogP contribution in [0.15, 0.2) is 94.7 Å². The first kappa shape index (κ1) is 23.4. The maximum atomic E-state index is 13.4. The molecule has 34 heavy (non-hydrogen) atoms. The van der Waals surface area contributed by atoms with Crippen molar-refractivity contribution in [2.75, 3.05) is 6.26 Å². The summed E-state index contributed by atoms with van der Waals surface area (Å²) in [6.45, 7) is -0.307.